The normalized spacial score (nSPS) is 12.1. The summed E-state index contributed by atoms with van der Waals surface area (Å²) < 4.78 is 9.47. The highest BCUT2D eigenvalue weighted by Gasteiger charge is 2.09. The number of carbonyl (C=O) groups is 3. The van der Waals surface area contributed by atoms with Gasteiger partial charge in [0.05, 0.1) is 12.6 Å². The van der Waals surface area contributed by atoms with Crippen molar-refractivity contribution < 1.29 is 23.9 Å². The average molecular weight is 286 g/mol. The lowest BCUT2D eigenvalue weighted by molar-refractivity contribution is -0.140. The fraction of sp³-hybridized carbons (Fsp3) is 0.615. The molecule has 0 radical (unpaired) electrons. The lowest BCUT2D eigenvalue weighted by Crippen LogP contribution is -2.45. The SMILES string of the molecule is CCOC(=O)/C=C/C(=O)OC[C@@H](C)NC(=O)NC(C)C. The Kier molecular flexibility index (Phi) is 8.82. The Bertz CT molecular complexity index is 366. The van der Waals surface area contributed by atoms with Gasteiger partial charge in [0.25, 0.3) is 0 Å². The quantitative estimate of drug-likeness (QED) is 0.532. The first-order chi connectivity index (χ1) is 9.35. The van der Waals surface area contributed by atoms with Gasteiger partial charge in [-0.2, -0.15) is 0 Å². The molecule has 0 aliphatic heterocycles. The standard InChI is InChI=1S/C13H22N2O5/c1-5-19-11(16)6-7-12(17)20-8-10(4)15-13(18)14-9(2)3/h6-7,9-10H,5,8H2,1-4H3,(H2,14,15,18)/b7-6+/t10-/m1/s1. The second-order valence-electron chi connectivity index (χ2n) is 4.39. The van der Waals surface area contributed by atoms with Crippen LogP contribution in [0.15, 0.2) is 12.2 Å². The summed E-state index contributed by atoms with van der Waals surface area (Å²) in [6, 6.07) is -0.642. The highest BCUT2D eigenvalue weighted by molar-refractivity contribution is 5.91. The van der Waals surface area contributed by atoms with Crippen molar-refractivity contribution in [2.24, 2.45) is 0 Å². The van der Waals surface area contributed by atoms with Gasteiger partial charge < -0.3 is 20.1 Å². The summed E-state index contributed by atoms with van der Waals surface area (Å²) in [5.41, 5.74) is 0. The fourth-order valence-corrected chi connectivity index (χ4v) is 1.15. The summed E-state index contributed by atoms with van der Waals surface area (Å²) in [5, 5.41) is 5.26. The highest BCUT2D eigenvalue weighted by Crippen LogP contribution is 1.90. The van der Waals surface area contributed by atoms with Crippen molar-refractivity contribution >= 4 is 18.0 Å². The number of rotatable bonds is 7. The van der Waals surface area contributed by atoms with E-state index >= 15 is 0 Å². The van der Waals surface area contributed by atoms with Crippen LogP contribution in [0.3, 0.4) is 0 Å². The van der Waals surface area contributed by atoms with Crippen molar-refractivity contribution in [3.05, 3.63) is 12.2 Å². The molecule has 114 valence electrons. The molecule has 20 heavy (non-hydrogen) atoms. The van der Waals surface area contributed by atoms with Crippen LogP contribution in [0.2, 0.25) is 0 Å². The van der Waals surface area contributed by atoms with Gasteiger partial charge in [-0.3, -0.25) is 0 Å². The lowest BCUT2D eigenvalue weighted by atomic mass is 10.3. The van der Waals surface area contributed by atoms with E-state index in [2.05, 4.69) is 15.4 Å². The number of esters is 2. The van der Waals surface area contributed by atoms with Crippen LogP contribution in [0.25, 0.3) is 0 Å². The maximum Gasteiger partial charge on any atom is 0.331 e. The highest BCUT2D eigenvalue weighted by atomic mass is 16.5. The molecule has 0 fully saturated rings. The van der Waals surface area contributed by atoms with E-state index in [-0.39, 0.29) is 31.3 Å². The minimum Gasteiger partial charge on any atom is -0.463 e. The van der Waals surface area contributed by atoms with Gasteiger partial charge in [-0.1, -0.05) is 0 Å². The molecule has 0 saturated heterocycles. The molecule has 0 aromatic carbocycles. The van der Waals surface area contributed by atoms with E-state index in [0.717, 1.165) is 12.2 Å². The lowest BCUT2D eigenvalue weighted by Gasteiger charge is -2.15. The van der Waals surface area contributed by atoms with Gasteiger partial charge in [0.1, 0.15) is 6.61 Å². The molecule has 0 saturated carbocycles. The molecule has 2 N–H and O–H groups in total. The topological polar surface area (TPSA) is 93.7 Å². The second-order valence-corrected chi connectivity index (χ2v) is 4.39. The van der Waals surface area contributed by atoms with Crippen molar-refractivity contribution in [3.8, 4) is 0 Å². The maximum atomic E-state index is 11.4. The summed E-state index contributed by atoms with van der Waals surface area (Å²) in [6.07, 6.45) is 1.98. The second kappa shape index (κ2) is 9.82. The van der Waals surface area contributed by atoms with Gasteiger partial charge in [0.2, 0.25) is 0 Å². The smallest absolute Gasteiger partial charge is 0.331 e. The van der Waals surface area contributed by atoms with Gasteiger partial charge in [-0.15, -0.1) is 0 Å². The third kappa shape index (κ3) is 9.93. The molecule has 7 nitrogen and oxygen atoms in total. The molecule has 0 rings (SSSR count). The number of amides is 2. The van der Waals surface area contributed by atoms with E-state index in [1.165, 1.54) is 0 Å². The van der Waals surface area contributed by atoms with Crippen LogP contribution in [0.1, 0.15) is 27.7 Å². The molecule has 0 aliphatic rings. The number of carbonyl (C=O) groups excluding carboxylic acids is 3. The Morgan fingerprint density at radius 2 is 1.55 bits per heavy atom. The summed E-state index contributed by atoms with van der Waals surface area (Å²) >= 11 is 0. The van der Waals surface area contributed by atoms with Crippen molar-refractivity contribution in [2.45, 2.75) is 39.8 Å². The zero-order valence-electron chi connectivity index (χ0n) is 12.3. The molecular formula is C13H22N2O5. The molecule has 7 heteroatoms. The largest absolute Gasteiger partial charge is 0.463 e. The number of hydrogen-bond donors (Lipinski definition) is 2. The first-order valence-electron chi connectivity index (χ1n) is 6.43. The third-order valence-electron chi connectivity index (χ3n) is 1.91. The number of urea groups is 1. The van der Waals surface area contributed by atoms with Crippen LogP contribution in [0.5, 0.6) is 0 Å². The number of ether oxygens (including phenoxy) is 2. The van der Waals surface area contributed by atoms with Crippen molar-refractivity contribution in [2.75, 3.05) is 13.2 Å². The summed E-state index contributed by atoms with van der Waals surface area (Å²) in [5.74, 6) is -1.28. The zero-order valence-corrected chi connectivity index (χ0v) is 12.3. The molecule has 2 amide bonds. The van der Waals surface area contributed by atoms with Crippen LogP contribution >= 0.6 is 0 Å². The van der Waals surface area contributed by atoms with E-state index < -0.39 is 11.9 Å². The van der Waals surface area contributed by atoms with Gasteiger partial charge in [0.15, 0.2) is 0 Å². The first-order valence-corrected chi connectivity index (χ1v) is 6.43. The summed E-state index contributed by atoms with van der Waals surface area (Å²) in [7, 11) is 0. The summed E-state index contributed by atoms with van der Waals surface area (Å²) in [6.45, 7) is 7.29. The molecule has 1 atom stereocenters. The van der Waals surface area contributed by atoms with Gasteiger partial charge in [-0.05, 0) is 27.7 Å². The maximum absolute atomic E-state index is 11.4. The monoisotopic (exact) mass is 286 g/mol. The predicted octanol–water partition coefficient (Wildman–Crippen LogP) is 0.745. The number of nitrogens with one attached hydrogen (secondary N) is 2. The Hall–Kier alpha value is -2.05. The van der Waals surface area contributed by atoms with Crippen LogP contribution < -0.4 is 10.6 Å². The van der Waals surface area contributed by atoms with Crippen molar-refractivity contribution in [3.63, 3.8) is 0 Å². The Balaban J connectivity index is 3.94. The molecule has 0 heterocycles. The zero-order chi connectivity index (χ0) is 15.5. The van der Waals surface area contributed by atoms with Crippen LogP contribution in [0.4, 0.5) is 4.79 Å². The molecule has 0 aliphatic carbocycles. The van der Waals surface area contributed by atoms with Gasteiger partial charge in [0, 0.05) is 18.2 Å². The fourth-order valence-electron chi connectivity index (χ4n) is 1.15. The molecule has 0 bridgehead atoms. The van der Waals surface area contributed by atoms with Crippen LogP contribution in [-0.2, 0) is 19.1 Å². The van der Waals surface area contributed by atoms with E-state index in [1.54, 1.807) is 13.8 Å². The Morgan fingerprint density at radius 3 is 2.05 bits per heavy atom. The van der Waals surface area contributed by atoms with Crippen molar-refractivity contribution in [1.29, 1.82) is 0 Å². The van der Waals surface area contributed by atoms with E-state index in [1.807, 2.05) is 13.8 Å². The average Bonchev–Trinajstić information content (AvgIpc) is 2.33. The third-order valence-corrected chi connectivity index (χ3v) is 1.91. The van der Waals surface area contributed by atoms with Gasteiger partial charge >= 0.3 is 18.0 Å². The van der Waals surface area contributed by atoms with Crippen LogP contribution in [0, 0.1) is 0 Å². The minimum absolute atomic E-state index is 0.0114. The van der Waals surface area contributed by atoms with E-state index in [0.29, 0.717) is 0 Å². The summed E-state index contributed by atoms with van der Waals surface area (Å²) in [4.78, 5) is 33.6. The first kappa shape index (κ1) is 17.9. The molecule has 0 aromatic heterocycles. The molecular weight excluding hydrogens is 264 g/mol. The van der Waals surface area contributed by atoms with E-state index in [9.17, 15) is 14.4 Å². The Morgan fingerprint density at radius 1 is 1.00 bits per heavy atom. The molecule has 0 aromatic rings. The van der Waals surface area contributed by atoms with Crippen LogP contribution in [-0.4, -0.2) is 43.3 Å². The Labute approximate surface area is 118 Å². The van der Waals surface area contributed by atoms with E-state index in [4.69, 9.17) is 4.74 Å². The minimum atomic E-state index is -0.670. The predicted molar refractivity (Wildman–Crippen MR) is 73.0 cm³/mol. The molecule has 0 spiro atoms. The number of hydrogen-bond acceptors (Lipinski definition) is 5. The van der Waals surface area contributed by atoms with Crippen molar-refractivity contribution in [1.82, 2.24) is 10.6 Å². The van der Waals surface area contributed by atoms with Gasteiger partial charge in [-0.25, -0.2) is 14.4 Å². The molecule has 0 unspecified atom stereocenters.